The fourth-order valence-corrected chi connectivity index (χ4v) is 3.91. The summed E-state index contributed by atoms with van der Waals surface area (Å²) in [5.74, 6) is 1.49. The summed E-state index contributed by atoms with van der Waals surface area (Å²) in [6.07, 6.45) is 1.57. The van der Waals surface area contributed by atoms with Crippen LogP contribution in [0.4, 0.5) is 17.3 Å². The fraction of sp³-hybridized carbons (Fsp3) is 0.273. The van der Waals surface area contributed by atoms with Gasteiger partial charge in [0.2, 0.25) is 0 Å². The molecular formula is C22H26N6. The maximum atomic E-state index is 6.26. The van der Waals surface area contributed by atoms with Gasteiger partial charge in [0.15, 0.2) is 11.6 Å². The van der Waals surface area contributed by atoms with Gasteiger partial charge in [0.25, 0.3) is 0 Å². The van der Waals surface area contributed by atoms with E-state index >= 15 is 0 Å². The smallest absolute Gasteiger partial charge is 0.157 e. The molecule has 144 valence electrons. The Balaban J connectivity index is 1.56. The summed E-state index contributed by atoms with van der Waals surface area (Å²) in [7, 11) is 1.82. The molecule has 0 bridgehead atoms. The van der Waals surface area contributed by atoms with E-state index < -0.39 is 0 Å². The van der Waals surface area contributed by atoms with Gasteiger partial charge in [-0.3, -0.25) is 4.90 Å². The molecule has 0 saturated carbocycles. The molecule has 1 fully saturated rings. The number of nitrogens with zero attached hydrogens (tertiary/aromatic N) is 4. The van der Waals surface area contributed by atoms with E-state index in [4.69, 9.17) is 5.73 Å². The normalized spacial score (nSPS) is 15.0. The van der Waals surface area contributed by atoms with E-state index in [0.29, 0.717) is 11.5 Å². The highest BCUT2D eigenvalue weighted by atomic mass is 15.3. The Bertz CT molecular complexity index is 852. The zero-order chi connectivity index (χ0) is 19.3. The highest BCUT2D eigenvalue weighted by Crippen LogP contribution is 2.31. The Morgan fingerprint density at radius 3 is 1.96 bits per heavy atom. The van der Waals surface area contributed by atoms with Crippen molar-refractivity contribution in [2.75, 3.05) is 49.2 Å². The molecule has 1 saturated heterocycles. The van der Waals surface area contributed by atoms with E-state index in [9.17, 15) is 0 Å². The molecule has 6 heteroatoms. The molecule has 1 aliphatic rings. The second-order valence-electron chi connectivity index (χ2n) is 6.96. The second-order valence-corrected chi connectivity index (χ2v) is 6.96. The molecule has 0 aliphatic carbocycles. The van der Waals surface area contributed by atoms with E-state index in [1.54, 1.807) is 6.33 Å². The summed E-state index contributed by atoms with van der Waals surface area (Å²) in [6.45, 7) is 3.63. The topological polar surface area (TPSA) is 70.3 Å². The fourth-order valence-electron chi connectivity index (χ4n) is 3.91. The average molecular weight is 374 g/mol. The number of hydrogen-bond acceptors (Lipinski definition) is 6. The van der Waals surface area contributed by atoms with Crippen LogP contribution in [-0.2, 0) is 0 Å². The third-order valence-electron chi connectivity index (χ3n) is 5.31. The van der Waals surface area contributed by atoms with Gasteiger partial charge in [-0.15, -0.1) is 0 Å². The number of nitrogens with one attached hydrogen (secondary N) is 1. The lowest BCUT2D eigenvalue weighted by Crippen LogP contribution is -2.48. The van der Waals surface area contributed by atoms with Crippen LogP contribution in [0.5, 0.6) is 0 Å². The van der Waals surface area contributed by atoms with E-state index in [-0.39, 0.29) is 6.04 Å². The Morgan fingerprint density at radius 2 is 1.43 bits per heavy atom. The predicted octanol–water partition coefficient (Wildman–Crippen LogP) is 3.01. The molecule has 28 heavy (non-hydrogen) atoms. The molecule has 0 radical (unpaired) electrons. The number of benzene rings is 2. The number of hydrogen-bond donors (Lipinski definition) is 2. The summed E-state index contributed by atoms with van der Waals surface area (Å²) < 4.78 is 0. The third kappa shape index (κ3) is 3.64. The van der Waals surface area contributed by atoms with Crippen LogP contribution < -0.4 is 16.0 Å². The van der Waals surface area contributed by atoms with E-state index in [1.165, 1.54) is 11.1 Å². The van der Waals surface area contributed by atoms with Gasteiger partial charge in [0.1, 0.15) is 12.0 Å². The Labute approximate surface area is 166 Å². The highest BCUT2D eigenvalue weighted by molar-refractivity contribution is 5.74. The summed E-state index contributed by atoms with van der Waals surface area (Å²) >= 11 is 0. The van der Waals surface area contributed by atoms with Gasteiger partial charge in [0, 0.05) is 33.2 Å². The molecule has 1 aliphatic heterocycles. The largest absolute Gasteiger partial charge is 0.393 e. The van der Waals surface area contributed by atoms with Crippen LogP contribution in [0.15, 0.2) is 67.0 Å². The minimum Gasteiger partial charge on any atom is -0.393 e. The van der Waals surface area contributed by atoms with Crippen LogP contribution in [-0.4, -0.2) is 48.1 Å². The van der Waals surface area contributed by atoms with E-state index in [1.807, 2.05) is 7.05 Å². The minimum atomic E-state index is 0.250. The first-order valence-corrected chi connectivity index (χ1v) is 9.65. The molecule has 2 aromatic carbocycles. The monoisotopic (exact) mass is 374 g/mol. The van der Waals surface area contributed by atoms with Crippen molar-refractivity contribution < 1.29 is 0 Å². The molecule has 3 aromatic rings. The quantitative estimate of drug-likeness (QED) is 0.715. The Morgan fingerprint density at radius 1 is 0.857 bits per heavy atom. The maximum Gasteiger partial charge on any atom is 0.157 e. The molecule has 3 N–H and O–H groups in total. The van der Waals surface area contributed by atoms with Gasteiger partial charge < -0.3 is 16.0 Å². The first-order chi connectivity index (χ1) is 13.8. The number of nitrogen functional groups attached to an aromatic ring is 1. The van der Waals surface area contributed by atoms with Crippen molar-refractivity contribution in [3.63, 3.8) is 0 Å². The standard InChI is InChI=1S/C22H26N6/c1-24-21-19(23)22(26-16-25-21)28-14-12-27(13-15-28)20(17-8-4-2-5-9-17)18-10-6-3-7-11-18/h2-11,16,20H,12-15,23H2,1H3,(H,24,25,26). The van der Waals surface area contributed by atoms with Crippen LogP contribution in [0.3, 0.4) is 0 Å². The number of aromatic nitrogens is 2. The van der Waals surface area contributed by atoms with Gasteiger partial charge in [-0.05, 0) is 11.1 Å². The molecule has 0 spiro atoms. The summed E-state index contributed by atoms with van der Waals surface area (Å²) in [6, 6.07) is 21.7. The van der Waals surface area contributed by atoms with E-state index in [0.717, 1.165) is 32.0 Å². The van der Waals surface area contributed by atoms with Crippen molar-refractivity contribution in [2.45, 2.75) is 6.04 Å². The average Bonchev–Trinajstić information content (AvgIpc) is 2.76. The van der Waals surface area contributed by atoms with Crippen molar-refractivity contribution in [3.8, 4) is 0 Å². The highest BCUT2D eigenvalue weighted by Gasteiger charge is 2.27. The number of rotatable bonds is 5. The molecule has 0 unspecified atom stereocenters. The lowest BCUT2D eigenvalue weighted by atomic mass is 9.96. The van der Waals surface area contributed by atoms with Crippen LogP contribution in [0.1, 0.15) is 17.2 Å². The first kappa shape index (κ1) is 18.3. The molecule has 0 atom stereocenters. The van der Waals surface area contributed by atoms with Crippen LogP contribution in [0.2, 0.25) is 0 Å². The Hall–Kier alpha value is -3.12. The lowest BCUT2D eigenvalue weighted by Gasteiger charge is -2.40. The number of nitrogens with two attached hydrogens (primary N) is 1. The molecular weight excluding hydrogens is 348 g/mol. The van der Waals surface area contributed by atoms with Crippen LogP contribution in [0.25, 0.3) is 0 Å². The molecule has 1 aromatic heterocycles. The first-order valence-electron chi connectivity index (χ1n) is 9.65. The second kappa shape index (κ2) is 8.27. The van der Waals surface area contributed by atoms with Gasteiger partial charge in [-0.1, -0.05) is 60.7 Å². The SMILES string of the molecule is CNc1ncnc(N2CCN(C(c3ccccc3)c3ccccc3)CC2)c1N. The van der Waals surface area contributed by atoms with E-state index in [2.05, 4.69) is 85.7 Å². The van der Waals surface area contributed by atoms with Crippen LogP contribution >= 0.6 is 0 Å². The zero-order valence-electron chi connectivity index (χ0n) is 16.1. The third-order valence-corrected chi connectivity index (χ3v) is 5.31. The Kier molecular flexibility index (Phi) is 5.39. The van der Waals surface area contributed by atoms with Crippen molar-refractivity contribution in [2.24, 2.45) is 0 Å². The lowest BCUT2D eigenvalue weighted by molar-refractivity contribution is 0.212. The zero-order valence-corrected chi connectivity index (χ0v) is 16.1. The summed E-state index contributed by atoms with van der Waals surface area (Å²) in [5.41, 5.74) is 9.51. The summed E-state index contributed by atoms with van der Waals surface area (Å²) in [5, 5.41) is 3.03. The number of piperazine rings is 1. The van der Waals surface area contributed by atoms with Crippen molar-refractivity contribution in [3.05, 3.63) is 78.1 Å². The predicted molar refractivity (Wildman–Crippen MR) is 115 cm³/mol. The summed E-state index contributed by atoms with van der Waals surface area (Å²) in [4.78, 5) is 13.4. The molecule has 4 rings (SSSR count). The maximum absolute atomic E-state index is 6.26. The molecule has 0 amide bonds. The van der Waals surface area contributed by atoms with Gasteiger partial charge in [-0.2, -0.15) is 0 Å². The number of anilines is 3. The van der Waals surface area contributed by atoms with Gasteiger partial charge in [0.05, 0.1) is 6.04 Å². The minimum absolute atomic E-state index is 0.250. The van der Waals surface area contributed by atoms with Crippen molar-refractivity contribution in [1.29, 1.82) is 0 Å². The van der Waals surface area contributed by atoms with Gasteiger partial charge >= 0.3 is 0 Å². The van der Waals surface area contributed by atoms with Crippen LogP contribution in [0, 0.1) is 0 Å². The van der Waals surface area contributed by atoms with Crippen molar-refractivity contribution >= 4 is 17.3 Å². The van der Waals surface area contributed by atoms with Gasteiger partial charge in [-0.25, -0.2) is 9.97 Å². The molecule has 2 heterocycles. The van der Waals surface area contributed by atoms with Crippen molar-refractivity contribution in [1.82, 2.24) is 14.9 Å². The molecule has 6 nitrogen and oxygen atoms in total.